The molecular formula is C18H23N3O2. The van der Waals surface area contributed by atoms with Gasteiger partial charge in [-0.2, -0.15) is 0 Å². The summed E-state index contributed by atoms with van der Waals surface area (Å²) in [7, 11) is 1.63. The van der Waals surface area contributed by atoms with Gasteiger partial charge in [0.25, 0.3) is 0 Å². The van der Waals surface area contributed by atoms with E-state index in [0.717, 1.165) is 44.8 Å². The SMILES string of the molecule is COc1ccc(CN(Cc2ccccn2)CC2CCCO2)cn1. The fourth-order valence-corrected chi connectivity index (χ4v) is 2.87. The Bertz CT molecular complexity index is 583. The molecule has 3 rings (SSSR count). The molecule has 1 unspecified atom stereocenters. The van der Waals surface area contributed by atoms with Gasteiger partial charge in [0, 0.05) is 44.7 Å². The molecule has 1 aliphatic heterocycles. The van der Waals surface area contributed by atoms with Gasteiger partial charge in [-0.3, -0.25) is 9.88 Å². The normalized spacial score (nSPS) is 17.6. The van der Waals surface area contributed by atoms with E-state index in [4.69, 9.17) is 9.47 Å². The van der Waals surface area contributed by atoms with Gasteiger partial charge in [0.1, 0.15) is 0 Å². The van der Waals surface area contributed by atoms with Crippen LogP contribution in [0, 0.1) is 0 Å². The van der Waals surface area contributed by atoms with Crippen LogP contribution >= 0.6 is 0 Å². The van der Waals surface area contributed by atoms with E-state index in [1.54, 1.807) is 7.11 Å². The Morgan fingerprint density at radius 3 is 2.83 bits per heavy atom. The van der Waals surface area contributed by atoms with Crippen molar-refractivity contribution in [1.29, 1.82) is 0 Å². The number of hydrogen-bond donors (Lipinski definition) is 0. The van der Waals surface area contributed by atoms with E-state index in [0.29, 0.717) is 12.0 Å². The summed E-state index contributed by atoms with van der Waals surface area (Å²) >= 11 is 0. The third-order valence-electron chi connectivity index (χ3n) is 4.01. The maximum absolute atomic E-state index is 5.80. The topological polar surface area (TPSA) is 47.5 Å². The minimum absolute atomic E-state index is 0.324. The van der Waals surface area contributed by atoms with E-state index in [1.165, 1.54) is 5.56 Å². The Balaban J connectivity index is 1.67. The lowest BCUT2D eigenvalue weighted by molar-refractivity contribution is 0.0674. The highest BCUT2D eigenvalue weighted by Crippen LogP contribution is 2.17. The summed E-state index contributed by atoms with van der Waals surface area (Å²) in [4.78, 5) is 11.1. The Hall–Kier alpha value is -1.98. The second-order valence-corrected chi connectivity index (χ2v) is 5.83. The van der Waals surface area contributed by atoms with Crippen LogP contribution in [0.5, 0.6) is 5.88 Å². The second kappa shape index (κ2) is 8.04. The van der Waals surface area contributed by atoms with Crippen LogP contribution in [0.25, 0.3) is 0 Å². The summed E-state index contributed by atoms with van der Waals surface area (Å²) < 4.78 is 10.9. The molecule has 3 heterocycles. The zero-order valence-electron chi connectivity index (χ0n) is 13.5. The molecule has 0 bridgehead atoms. The van der Waals surface area contributed by atoms with Crippen LogP contribution in [0.15, 0.2) is 42.7 Å². The molecule has 23 heavy (non-hydrogen) atoms. The first-order chi connectivity index (χ1) is 11.3. The van der Waals surface area contributed by atoms with Crippen LogP contribution < -0.4 is 4.74 Å². The maximum Gasteiger partial charge on any atom is 0.212 e. The van der Waals surface area contributed by atoms with Crippen LogP contribution in [0.4, 0.5) is 0 Å². The molecule has 0 aliphatic carbocycles. The number of methoxy groups -OCH3 is 1. The molecule has 0 N–H and O–H groups in total. The van der Waals surface area contributed by atoms with Gasteiger partial charge in [-0.05, 0) is 30.5 Å². The van der Waals surface area contributed by atoms with Gasteiger partial charge in [-0.25, -0.2) is 4.98 Å². The van der Waals surface area contributed by atoms with E-state index < -0.39 is 0 Å². The first-order valence-electron chi connectivity index (χ1n) is 8.06. The molecule has 1 aliphatic rings. The first-order valence-corrected chi connectivity index (χ1v) is 8.06. The molecule has 5 nitrogen and oxygen atoms in total. The number of hydrogen-bond acceptors (Lipinski definition) is 5. The maximum atomic E-state index is 5.80. The summed E-state index contributed by atoms with van der Waals surface area (Å²) in [5.74, 6) is 0.643. The first kappa shape index (κ1) is 15.9. The van der Waals surface area contributed by atoms with Crippen molar-refractivity contribution in [2.45, 2.75) is 32.0 Å². The molecule has 0 aromatic carbocycles. The molecule has 1 atom stereocenters. The molecular weight excluding hydrogens is 290 g/mol. The zero-order chi connectivity index (χ0) is 15.9. The van der Waals surface area contributed by atoms with Gasteiger partial charge in [0.15, 0.2) is 0 Å². The van der Waals surface area contributed by atoms with Crippen LogP contribution in [0.2, 0.25) is 0 Å². The number of rotatable bonds is 7. The summed E-state index contributed by atoms with van der Waals surface area (Å²) in [6.07, 6.45) is 6.34. The smallest absolute Gasteiger partial charge is 0.212 e. The average molecular weight is 313 g/mol. The van der Waals surface area contributed by atoms with Gasteiger partial charge in [-0.1, -0.05) is 12.1 Å². The van der Waals surface area contributed by atoms with Gasteiger partial charge >= 0.3 is 0 Å². The third-order valence-corrected chi connectivity index (χ3v) is 4.01. The van der Waals surface area contributed by atoms with Crippen molar-refractivity contribution >= 4 is 0 Å². The lowest BCUT2D eigenvalue weighted by atomic mass is 10.2. The molecule has 2 aromatic rings. The zero-order valence-corrected chi connectivity index (χ0v) is 13.5. The fraction of sp³-hybridized carbons (Fsp3) is 0.444. The molecule has 2 aromatic heterocycles. The van der Waals surface area contributed by atoms with E-state index in [1.807, 2.05) is 30.6 Å². The van der Waals surface area contributed by atoms with E-state index in [-0.39, 0.29) is 0 Å². The van der Waals surface area contributed by atoms with Gasteiger partial charge in [0.2, 0.25) is 5.88 Å². The van der Waals surface area contributed by atoms with E-state index in [2.05, 4.69) is 27.0 Å². The predicted octanol–water partition coefficient (Wildman–Crippen LogP) is 2.67. The van der Waals surface area contributed by atoms with Crippen molar-refractivity contribution in [3.8, 4) is 5.88 Å². The standard InChI is InChI=1S/C18H23N3O2/c1-22-18-8-7-15(11-20-18)12-21(14-17-6-4-10-23-17)13-16-5-2-3-9-19-16/h2-3,5,7-9,11,17H,4,6,10,12-14H2,1H3. The minimum Gasteiger partial charge on any atom is -0.481 e. The molecule has 1 saturated heterocycles. The Labute approximate surface area is 137 Å². The Morgan fingerprint density at radius 1 is 1.22 bits per heavy atom. The molecule has 0 radical (unpaired) electrons. The lowest BCUT2D eigenvalue weighted by Crippen LogP contribution is -2.31. The van der Waals surface area contributed by atoms with Crippen LogP contribution in [0.3, 0.4) is 0 Å². The third kappa shape index (κ3) is 4.74. The number of nitrogens with zero attached hydrogens (tertiary/aromatic N) is 3. The Morgan fingerprint density at radius 2 is 2.17 bits per heavy atom. The highest BCUT2D eigenvalue weighted by molar-refractivity contribution is 5.17. The lowest BCUT2D eigenvalue weighted by Gasteiger charge is -2.25. The van der Waals surface area contributed by atoms with E-state index >= 15 is 0 Å². The predicted molar refractivity (Wildman–Crippen MR) is 88.1 cm³/mol. The minimum atomic E-state index is 0.324. The Kier molecular flexibility index (Phi) is 5.56. The molecule has 0 spiro atoms. The summed E-state index contributed by atoms with van der Waals surface area (Å²) in [5.41, 5.74) is 2.24. The van der Waals surface area contributed by atoms with Crippen molar-refractivity contribution < 1.29 is 9.47 Å². The molecule has 1 fully saturated rings. The van der Waals surface area contributed by atoms with Crippen LogP contribution in [0.1, 0.15) is 24.1 Å². The second-order valence-electron chi connectivity index (χ2n) is 5.83. The quantitative estimate of drug-likeness (QED) is 0.786. The van der Waals surface area contributed by atoms with Gasteiger partial charge in [-0.15, -0.1) is 0 Å². The summed E-state index contributed by atoms with van der Waals surface area (Å²) in [5, 5.41) is 0. The summed E-state index contributed by atoms with van der Waals surface area (Å²) in [6, 6.07) is 10.0. The number of aromatic nitrogens is 2. The van der Waals surface area contributed by atoms with E-state index in [9.17, 15) is 0 Å². The van der Waals surface area contributed by atoms with Crippen molar-refractivity contribution in [2.75, 3.05) is 20.3 Å². The highest BCUT2D eigenvalue weighted by Gasteiger charge is 2.20. The van der Waals surface area contributed by atoms with Crippen molar-refractivity contribution in [1.82, 2.24) is 14.9 Å². The van der Waals surface area contributed by atoms with Gasteiger partial charge < -0.3 is 9.47 Å². The average Bonchev–Trinajstić information content (AvgIpc) is 3.09. The molecule has 122 valence electrons. The van der Waals surface area contributed by atoms with Gasteiger partial charge in [0.05, 0.1) is 18.9 Å². The summed E-state index contributed by atoms with van der Waals surface area (Å²) in [6.45, 7) is 3.44. The van der Waals surface area contributed by atoms with Crippen molar-refractivity contribution in [3.63, 3.8) is 0 Å². The largest absolute Gasteiger partial charge is 0.481 e. The number of ether oxygens (including phenoxy) is 2. The number of pyridine rings is 2. The molecule has 0 amide bonds. The highest BCUT2D eigenvalue weighted by atomic mass is 16.5. The monoisotopic (exact) mass is 313 g/mol. The van der Waals surface area contributed by atoms with Crippen molar-refractivity contribution in [2.24, 2.45) is 0 Å². The van der Waals surface area contributed by atoms with Crippen LogP contribution in [-0.4, -0.2) is 41.2 Å². The van der Waals surface area contributed by atoms with Crippen LogP contribution in [-0.2, 0) is 17.8 Å². The molecule has 0 saturated carbocycles. The molecule has 5 heteroatoms. The fourth-order valence-electron chi connectivity index (χ4n) is 2.87. The van der Waals surface area contributed by atoms with Crippen molar-refractivity contribution in [3.05, 3.63) is 54.0 Å².